The number of aromatic nitrogens is 1. The van der Waals surface area contributed by atoms with Crippen LogP contribution in [0, 0.1) is 0 Å². The van der Waals surface area contributed by atoms with E-state index in [-0.39, 0.29) is 11.4 Å². The van der Waals surface area contributed by atoms with Crippen LogP contribution in [0.3, 0.4) is 0 Å². The second kappa shape index (κ2) is 10.2. The molecule has 30 heavy (non-hydrogen) atoms. The summed E-state index contributed by atoms with van der Waals surface area (Å²) in [5.74, 6) is 1.80. The fraction of sp³-hybridized carbons (Fsp3) is 0.286. The van der Waals surface area contributed by atoms with Crippen molar-refractivity contribution in [1.82, 2.24) is 9.71 Å². The molecule has 3 aromatic rings. The molecule has 0 unspecified atom stereocenters. The first kappa shape index (κ1) is 21.8. The van der Waals surface area contributed by atoms with Crippen molar-refractivity contribution in [3.05, 3.63) is 60.5 Å². The highest BCUT2D eigenvalue weighted by Crippen LogP contribution is 2.22. The van der Waals surface area contributed by atoms with E-state index in [1.807, 2.05) is 24.3 Å². The third-order valence-corrected chi connectivity index (χ3v) is 5.73. The fourth-order valence-electron chi connectivity index (χ4n) is 2.64. The molecule has 0 amide bonds. The third kappa shape index (κ3) is 5.82. The first-order valence-electron chi connectivity index (χ1n) is 9.32. The van der Waals surface area contributed by atoms with Crippen molar-refractivity contribution in [2.75, 3.05) is 34.0 Å². The maximum atomic E-state index is 12.5. The minimum atomic E-state index is -3.63. The van der Waals surface area contributed by atoms with Gasteiger partial charge in [-0.15, -0.1) is 0 Å². The number of benzene rings is 2. The lowest BCUT2D eigenvalue weighted by atomic mass is 10.2. The van der Waals surface area contributed by atoms with Crippen LogP contribution in [0.1, 0.15) is 5.69 Å². The second-order valence-electron chi connectivity index (χ2n) is 6.33. The van der Waals surface area contributed by atoms with E-state index in [0.29, 0.717) is 37.0 Å². The van der Waals surface area contributed by atoms with Crippen molar-refractivity contribution in [3.63, 3.8) is 0 Å². The maximum absolute atomic E-state index is 12.5. The quantitative estimate of drug-likeness (QED) is 0.465. The zero-order valence-corrected chi connectivity index (χ0v) is 17.6. The molecule has 0 aliphatic heterocycles. The molecular formula is C21H24N2O6S. The Labute approximate surface area is 175 Å². The average Bonchev–Trinajstić information content (AvgIpc) is 3.23. The smallest absolute Gasteiger partial charge is 0.240 e. The maximum Gasteiger partial charge on any atom is 0.240 e. The molecule has 0 spiro atoms. The highest BCUT2D eigenvalue weighted by molar-refractivity contribution is 7.89. The van der Waals surface area contributed by atoms with Gasteiger partial charge >= 0.3 is 0 Å². The monoisotopic (exact) mass is 432 g/mol. The van der Waals surface area contributed by atoms with Gasteiger partial charge in [0.1, 0.15) is 24.4 Å². The number of hydrogen-bond donors (Lipinski definition) is 1. The van der Waals surface area contributed by atoms with E-state index in [9.17, 15) is 8.42 Å². The number of nitrogens with zero attached hydrogens (tertiary/aromatic N) is 1. The molecular weight excluding hydrogens is 408 g/mol. The summed E-state index contributed by atoms with van der Waals surface area (Å²) in [6.45, 7) is 1.06. The van der Waals surface area contributed by atoms with Crippen molar-refractivity contribution in [1.29, 1.82) is 0 Å². The molecule has 0 saturated heterocycles. The number of hydrogen-bond acceptors (Lipinski definition) is 7. The van der Waals surface area contributed by atoms with E-state index in [1.165, 1.54) is 18.4 Å². The van der Waals surface area contributed by atoms with Gasteiger partial charge in [-0.1, -0.05) is 0 Å². The van der Waals surface area contributed by atoms with E-state index in [4.69, 9.17) is 18.6 Å². The molecule has 8 nitrogen and oxygen atoms in total. The Morgan fingerprint density at radius 2 is 1.67 bits per heavy atom. The summed E-state index contributed by atoms with van der Waals surface area (Å²) in [7, 11) is -0.439. The number of ether oxygens (including phenoxy) is 3. The van der Waals surface area contributed by atoms with E-state index in [0.717, 1.165) is 11.3 Å². The van der Waals surface area contributed by atoms with E-state index >= 15 is 0 Å². The summed E-state index contributed by atoms with van der Waals surface area (Å²) in [5, 5.41) is 0. The highest BCUT2D eigenvalue weighted by Gasteiger charge is 2.14. The lowest BCUT2D eigenvalue weighted by molar-refractivity contribution is 0.146. The minimum absolute atomic E-state index is 0.167. The normalized spacial score (nSPS) is 11.4. The molecule has 2 aromatic carbocycles. The highest BCUT2D eigenvalue weighted by atomic mass is 32.2. The molecule has 0 saturated carbocycles. The molecule has 1 aromatic heterocycles. The Kier molecular flexibility index (Phi) is 7.45. The van der Waals surface area contributed by atoms with Gasteiger partial charge in [-0.25, -0.2) is 18.1 Å². The van der Waals surface area contributed by atoms with Crippen molar-refractivity contribution in [3.8, 4) is 23.0 Å². The van der Waals surface area contributed by atoms with Gasteiger partial charge in [0.2, 0.25) is 15.9 Å². The molecule has 0 bridgehead atoms. The lowest BCUT2D eigenvalue weighted by Gasteiger charge is -2.08. The Bertz CT molecular complexity index is 1030. The summed E-state index contributed by atoms with van der Waals surface area (Å²) in [6.07, 6.45) is 1.93. The van der Waals surface area contributed by atoms with Crippen molar-refractivity contribution < 1.29 is 27.0 Å². The Morgan fingerprint density at radius 1 is 0.967 bits per heavy atom. The summed E-state index contributed by atoms with van der Waals surface area (Å²) in [5.41, 5.74) is 1.47. The number of sulfonamides is 1. The minimum Gasteiger partial charge on any atom is -0.497 e. The standard InChI is InChI=1S/C21H24N2O6S/c1-26-13-14-28-19-7-9-20(10-8-19)30(24,25)22-12-11-17-15-29-21(23-17)16-3-5-18(27-2)6-4-16/h3-10,15,22H,11-14H2,1-2H3. The van der Waals surface area contributed by atoms with Gasteiger partial charge in [-0.2, -0.15) is 0 Å². The molecule has 0 aliphatic carbocycles. The predicted octanol–water partition coefficient (Wildman–Crippen LogP) is 2.90. The van der Waals surface area contributed by atoms with Crippen molar-refractivity contribution in [2.45, 2.75) is 11.3 Å². The van der Waals surface area contributed by atoms with Crippen molar-refractivity contribution in [2.24, 2.45) is 0 Å². The van der Waals surface area contributed by atoms with Gasteiger partial charge in [0.25, 0.3) is 0 Å². The molecule has 160 valence electrons. The van der Waals surface area contributed by atoms with E-state index in [2.05, 4.69) is 9.71 Å². The van der Waals surface area contributed by atoms with Gasteiger partial charge in [0.05, 0.1) is 24.3 Å². The third-order valence-electron chi connectivity index (χ3n) is 4.25. The van der Waals surface area contributed by atoms with Crippen LogP contribution in [0.2, 0.25) is 0 Å². The average molecular weight is 432 g/mol. The molecule has 1 heterocycles. The Hall–Kier alpha value is -2.88. The number of methoxy groups -OCH3 is 2. The second-order valence-corrected chi connectivity index (χ2v) is 8.10. The van der Waals surface area contributed by atoms with Crippen LogP contribution in [-0.4, -0.2) is 47.4 Å². The predicted molar refractivity (Wildman–Crippen MR) is 111 cm³/mol. The van der Waals surface area contributed by atoms with Crippen LogP contribution in [0.15, 0.2) is 64.1 Å². The van der Waals surface area contributed by atoms with Gasteiger partial charge in [0, 0.05) is 25.6 Å². The van der Waals surface area contributed by atoms with Gasteiger partial charge in [0.15, 0.2) is 0 Å². The molecule has 3 rings (SSSR count). The topological polar surface area (TPSA) is 99.9 Å². The SMILES string of the molecule is COCCOc1ccc(S(=O)(=O)NCCc2coc(-c3ccc(OC)cc3)n2)cc1. The molecule has 0 fully saturated rings. The first-order valence-corrected chi connectivity index (χ1v) is 10.8. The van der Waals surface area contributed by atoms with Crippen LogP contribution >= 0.6 is 0 Å². The van der Waals surface area contributed by atoms with E-state index < -0.39 is 10.0 Å². The largest absolute Gasteiger partial charge is 0.497 e. The van der Waals surface area contributed by atoms with Gasteiger partial charge in [-0.3, -0.25) is 0 Å². The zero-order chi connectivity index (χ0) is 21.4. The lowest BCUT2D eigenvalue weighted by Crippen LogP contribution is -2.26. The van der Waals surface area contributed by atoms with Crippen LogP contribution in [0.5, 0.6) is 11.5 Å². The fourth-order valence-corrected chi connectivity index (χ4v) is 3.67. The van der Waals surface area contributed by atoms with Crippen LogP contribution in [0.4, 0.5) is 0 Å². The Morgan fingerprint density at radius 3 is 2.33 bits per heavy atom. The number of nitrogens with one attached hydrogen (secondary N) is 1. The summed E-state index contributed by atoms with van der Waals surface area (Å²) < 4.78 is 48.5. The molecule has 9 heteroatoms. The first-order chi connectivity index (χ1) is 14.5. The molecule has 0 radical (unpaired) electrons. The van der Waals surface area contributed by atoms with Crippen LogP contribution in [-0.2, 0) is 21.2 Å². The summed E-state index contributed by atoms with van der Waals surface area (Å²) >= 11 is 0. The summed E-state index contributed by atoms with van der Waals surface area (Å²) in [6, 6.07) is 13.6. The van der Waals surface area contributed by atoms with Crippen LogP contribution < -0.4 is 14.2 Å². The molecule has 1 N–H and O–H groups in total. The van der Waals surface area contributed by atoms with E-state index in [1.54, 1.807) is 26.4 Å². The van der Waals surface area contributed by atoms with Gasteiger partial charge < -0.3 is 18.6 Å². The van der Waals surface area contributed by atoms with Crippen molar-refractivity contribution >= 4 is 10.0 Å². The molecule has 0 aliphatic rings. The number of rotatable bonds is 11. The zero-order valence-electron chi connectivity index (χ0n) is 16.8. The summed E-state index contributed by atoms with van der Waals surface area (Å²) in [4.78, 5) is 4.57. The Balaban J connectivity index is 1.53. The molecule has 0 atom stereocenters. The van der Waals surface area contributed by atoms with Gasteiger partial charge in [-0.05, 0) is 48.5 Å². The number of oxazole rings is 1. The van der Waals surface area contributed by atoms with Crippen LogP contribution in [0.25, 0.3) is 11.5 Å².